The summed E-state index contributed by atoms with van der Waals surface area (Å²) in [4.78, 5) is 8.37. The lowest BCUT2D eigenvalue weighted by molar-refractivity contribution is 0.356. The summed E-state index contributed by atoms with van der Waals surface area (Å²) in [5.41, 5.74) is 1.96. The lowest BCUT2D eigenvalue weighted by atomic mass is 10.1. The van der Waals surface area contributed by atoms with Crippen LogP contribution < -0.4 is 9.47 Å². The third kappa shape index (κ3) is 1.80. The van der Waals surface area contributed by atoms with Crippen LogP contribution in [0.15, 0.2) is 21.6 Å². The molecule has 2 aliphatic rings. The number of aromatic nitrogens is 6. The average molecular weight is 426 g/mol. The summed E-state index contributed by atoms with van der Waals surface area (Å²) in [6, 6.07) is 4.85. The molecule has 8 nitrogen and oxygen atoms in total. The SMILES string of the molecule is Brc1nc2n(n1)Cc1cc3c(cc1O2)Cn1nc(Br)nc1O3. The van der Waals surface area contributed by atoms with Gasteiger partial charge < -0.3 is 9.47 Å². The van der Waals surface area contributed by atoms with E-state index in [9.17, 15) is 0 Å². The predicted molar refractivity (Wildman–Crippen MR) is 80.2 cm³/mol. The molecule has 0 N–H and O–H groups in total. The number of hydrogen-bond acceptors (Lipinski definition) is 6. The summed E-state index contributed by atoms with van der Waals surface area (Å²) in [7, 11) is 0. The molecule has 110 valence electrons. The molecule has 0 saturated heterocycles. The van der Waals surface area contributed by atoms with Gasteiger partial charge in [0.2, 0.25) is 9.47 Å². The van der Waals surface area contributed by atoms with Crippen molar-refractivity contribution < 1.29 is 9.47 Å². The van der Waals surface area contributed by atoms with Gasteiger partial charge in [0.15, 0.2) is 0 Å². The van der Waals surface area contributed by atoms with Crippen LogP contribution in [0.25, 0.3) is 0 Å². The number of nitrogens with zero attached hydrogens (tertiary/aromatic N) is 6. The Labute approximate surface area is 140 Å². The Morgan fingerprint density at radius 2 is 1.27 bits per heavy atom. The van der Waals surface area contributed by atoms with Gasteiger partial charge in [0, 0.05) is 11.1 Å². The summed E-state index contributed by atoms with van der Waals surface area (Å²) in [6.07, 6.45) is 0. The van der Waals surface area contributed by atoms with Crippen molar-refractivity contribution in [1.29, 1.82) is 0 Å². The van der Waals surface area contributed by atoms with Gasteiger partial charge in [0.25, 0.3) is 0 Å². The van der Waals surface area contributed by atoms with Crippen molar-refractivity contribution in [2.24, 2.45) is 0 Å². The van der Waals surface area contributed by atoms with Crippen molar-refractivity contribution in [2.45, 2.75) is 13.1 Å². The number of hydrogen-bond donors (Lipinski definition) is 0. The van der Waals surface area contributed by atoms with Gasteiger partial charge in [-0.05, 0) is 44.0 Å². The van der Waals surface area contributed by atoms with Gasteiger partial charge >= 0.3 is 12.0 Å². The van der Waals surface area contributed by atoms with E-state index in [-0.39, 0.29) is 0 Å². The van der Waals surface area contributed by atoms with Crippen molar-refractivity contribution in [3.63, 3.8) is 0 Å². The zero-order valence-electron chi connectivity index (χ0n) is 10.8. The number of rotatable bonds is 0. The van der Waals surface area contributed by atoms with Crippen LogP contribution in [0.1, 0.15) is 11.1 Å². The molecule has 2 aliphatic heterocycles. The molecule has 0 saturated carbocycles. The van der Waals surface area contributed by atoms with Gasteiger partial charge in [0.05, 0.1) is 13.1 Å². The number of fused-ring (bicyclic) bond motifs is 4. The fraction of sp³-hybridized carbons (Fsp3) is 0.167. The molecule has 1 aromatic carbocycles. The first-order chi connectivity index (χ1) is 10.7. The molecule has 0 amide bonds. The minimum absolute atomic E-state index is 0.472. The molecule has 0 spiro atoms. The molecular weight excluding hydrogens is 420 g/mol. The Bertz CT molecular complexity index is 793. The molecule has 0 radical (unpaired) electrons. The second-order valence-electron chi connectivity index (χ2n) is 4.91. The second kappa shape index (κ2) is 4.29. The minimum atomic E-state index is 0.472. The molecule has 3 aromatic rings. The smallest absolute Gasteiger partial charge is 0.321 e. The molecule has 0 atom stereocenters. The quantitative estimate of drug-likeness (QED) is 0.379. The fourth-order valence-electron chi connectivity index (χ4n) is 2.56. The van der Waals surface area contributed by atoms with Gasteiger partial charge in [-0.15, -0.1) is 10.2 Å². The molecule has 0 unspecified atom stereocenters. The van der Waals surface area contributed by atoms with Crippen molar-refractivity contribution in [3.8, 4) is 23.5 Å². The molecule has 22 heavy (non-hydrogen) atoms. The van der Waals surface area contributed by atoms with E-state index >= 15 is 0 Å². The van der Waals surface area contributed by atoms with Gasteiger partial charge in [-0.1, -0.05) is 0 Å². The van der Waals surface area contributed by atoms with Crippen molar-refractivity contribution in [1.82, 2.24) is 29.5 Å². The maximum absolute atomic E-state index is 5.81. The normalized spacial score (nSPS) is 14.3. The monoisotopic (exact) mass is 424 g/mol. The Morgan fingerprint density at radius 3 is 1.73 bits per heavy atom. The summed E-state index contributed by atoms with van der Waals surface area (Å²) in [5, 5.41) is 8.45. The molecule has 4 heterocycles. The molecular formula is C12H6Br2N6O2. The highest BCUT2D eigenvalue weighted by molar-refractivity contribution is 9.10. The van der Waals surface area contributed by atoms with Gasteiger partial charge in [-0.3, -0.25) is 0 Å². The van der Waals surface area contributed by atoms with Crippen LogP contribution >= 0.6 is 31.9 Å². The molecule has 0 bridgehead atoms. The number of ether oxygens (including phenoxy) is 2. The van der Waals surface area contributed by atoms with E-state index in [0.29, 0.717) is 34.6 Å². The van der Waals surface area contributed by atoms with Crippen LogP contribution in [0.2, 0.25) is 0 Å². The van der Waals surface area contributed by atoms with Crippen LogP contribution in [0.4, 0.5) is 0 Å². The maximum atomic E-state index is 5.81. The molecule has 10 heteroatoms. The molecule has 0 aliphatic carbocycles. The maximum Gasteiger partial charge on any atom is 0.321 e. The lowest BCUT2D eigenvalue weighted by Gasteiger charge is -2.22. The highest BCUT2D eigenvalue weighted by Crippen LogP contribution is 2.40. The Balaban J connectivity index is 1.59. The van der Waals surface area contributed by atoms with Crippen LogP contribution in [0.5, 0.6) is 23.5 Å². The van der Waals surface area contributed by atoms with Gasteiger partial charge in [0.1, 0.15) is 11.5 Å². The first-order valence-electron chi connectivity index (χ1n) is 6.38. The zero-order chi connectivity index (χ0) is 14.8. The van der Waals surface area contributed by atoms with E-state index < -0.39 is 0 Å². The minimum Gasteiger partial charge on any atom is -0.424 e. The third-order valence-corrected chi connectivity index (χ3v) is 4.18. The van der Waals surface area contributed by atoms with E-state index in [0.717, 1.165) is 22.6 Å². The topological polar surface area (TPSA) is 79.9 Å². The second-order valence-corrected chi connectivity index (χ2v) is 6.33. The summed E-state index contributed by atoms with van der Waals surface area (Å²) < 4.78 is 16.0. The largest absolute Gasteiger partial charge is 0.424 e. The highest BCUT2D eigenvalue weighted by atomic mass is 79.9. The highest BCUT2D eigenvalue weighted by Gasteiger charge is 2.26. The van der Waals surface area contributed by atoms with E-state index in [2.05, 4.69) is 52.0 Å². The Morgan fingerprint density at radius 1 is 0.818 bits per heavy atom. The van der Waals surface area contributed by atoms with Crippen molar-refractivity contribution in [2.75, 3.05) is 0 Å². The molecule has 5 rings (SSSR count). The summed E-state index contributed by atoms with van der Waals surface area (Å²) in [5.74, 6) is 1.52. The third-order valence-electron chi connectivity index (χ3n) is 3.51. The van der Waals surface area contributed by atoms with E-state index in [1.165, 1.54) is 0 Å². The van der Waals surface area contributed by atoms with Crippen LogP contribution in [0.3, 0.4) is 0 Å². The Kier molecular flexibility index (Phi) is 2.46. The van der Waals surface area contributed by atoms with Gasteiger partial charge in [-0.2, -0.15) is 9.97 Å². The van der Waals surface area contributed by atoms with E-state index in [4.69, 9.17) is 9.47 Å². The standard InChI is InChI=1S/C12H6Br2N6O2/c13-9-15-11-20(18-9)4-6-2-8-5(1-7(6)21-11)3-19-12(22-8)16-10(14)17-19/h1-2H,3-4H2. The fourth-order valence-corrected chi connectivity index (χ4v) is 3.25. The Hall–Kier alpha value is -1.94. The zero-order valence-corrected chi connectivity index (χ0v) is 14.0. The molecule has 2 aromatic heterocycles. The number of benzene rings is 1. The van der Waals surface area contributed by atoms with Crippen molar-refractivity contribution >= 4 is 31.9 Å². The van der Waals surface area contributed by atoms with Crippen LogP contribution in [0, 0.1) is 0 Å². The predicted octanol–water partition coefficient (Wildman–Crippen LogP) is 2.70. The first kappa shape index (κ1) is 12.6. The first-order valence-corrected chi connectivity index (χ1v) is 7.96. The van der Waals surface area contributed by atoms with Crippen LogP contribution in [-0.2, 0) is 13.1 Å². The van der Waals surface area contributed by atoms with Crippen molar-refractivity contribution in [3.05, 3.63) is 32.7 Å². The summed E-state index contributed by atoms with van der Waals surface area (Å²) in [6.45, 7) is 1.16. The molecule has 0 fully saturated rings. The average Bonchev–Trinajstić information content (AvgIpc) is 2.99. The van der Waals surface area contributed by atoms with E-state index in [1.807, 2.05) is 12.1 Å². The van der Waals surface area contributed by atoms with E-state index in [1.54, 1.807) is 9.36 Å². The van der Waals surface area contributed by atoms with Crippen LogP contribution in [-0.4, -0.2) is 29.5 Å². The lowest BCUT2D eigenvalue weighted by Crippen LogP contribution is -2.15. The summed E-state index contributed by atoms with van der Waals surface area (Å²) >= 11 is 6.50. The van der Waals surface area contributed by atoms with Gasteiger partial charge in [-0.25, -0.2) is 9.36 Å². The number of halogens is 2.